The van der Waals surface area contributed by atoms with Crippen molar-refractivity contribution in [2.45, 2.75) is 26.3 Å². The quantitative estimate of drug-likeness (QED) is 0.835. The van der Waals surface area contributed by atoms with Crippen LogP contribution < -0.4 is 16.0 Å². The summed E-state index contributed by atoms with van der Waals surface area (Å²) in [6.07, 6.45) is 0.689. The number of rotatable bonds is 2. The van der Waals surface area contributed by atoms with E-state index in [0.717, 1.165) is 0 Å². The molecule has 2 aliphatic heterocycles. The molecule has 1 atom stereocenters. The third kappa shape index (κ3) is 3.72. The van der Waals surface area contributed by atoms with Gasteiger partial charge in [-0.1, -0.05) is 13.8 Å². The number of anilines is 1. The Morgan fingerprint density at radius 2 is 2.08 bits per heavy atom. The lowest BCUT2D eigenvalue weighted by Crippen LogP contribution is -2.54. The zero-order chi connectivity index (χ0) is 17.5. The van der Waals surface area contributed by atoms with Gasteiger partial charge in [0.15, 0.2) is 0 Å². The van der Waals surface area contributed by atoms with Gasteiger partial charge in [-0.3, -0.25) is 9.69 Å². The van der Waals surface area contributed by atoms with Crippen LogP contribution in [0.4, 0.5) is 14.9 Å². The Bertz CT molecular complexity index is 683. The maximum absolute atomic E-state index is 14.2. The van der Waals surface area contributed by atoms with Crippen molar-refractivity contribution >= 4 is 30.0 Å². The first-order chi connectivity index (χ1) is 11.3. The van der Waals surface area contributed by atoms with Gasteiger partial charge < -0.3 is 16.0 Å². The third-order valence-corrected chi connectivity index (χ3v) is 4.95. The minimum absolute atomic E-state index is 0. The van der Waals surface area contributed by atoms with E-state index in [1.54, 1.807) is 4.90 Å². The molecule has 0 radical (unpaired) electrons. The average Bonchev–Trinajstić information content (AvgIpc) is 2.96. The van der Waals surface area contributed by atoms with Crippen LogP contribution in [-0.2, 0) is 0 Å². The molecule has 0 saturated carbocycles. The molecule has 3 amide bonds. The summed E-state index contributed by atoms with van der Waals surface area (Å²) >= 11 is 0. The molecule has 1 unspecified atom stereocenters. The second kappa shape index (κ2) is 7.17. The molecule has 1 aromatic carbocycles. The standard InChI is InChI=1S/C17H23FN4O2.ClH/c1-17(2)10-21(7-5-14(17)19)15(23)12-9-11(3-4-13(12)18)22-8-6-20-16(22)24;/h3-4,9,14H,5-8,10,19H2,1-2H3,(H,20,24);1H. The van der Waals surface area contributed by atoms with Crippen LogP contribution in [0.15, 0.2) is 18.2 Å². The monoisotopic (exact) mass is 370 g/mol. The van der Waals surface area contributed by atoms with E-state index in [4.69, 9.17) is 5.73 Å². The van der Waals surface area contributed by atoms with Gasteiger partial charge >= 0.3 is 6.03 Å². The number of carbonyl (C=O) groups is 2. The Balaban J connectivity index is 0.00000225. The van der Waals surface area contributed by atoms with E-state index in [-0.39, 0.29) is 41.4 Å². The Hall–Kier alpha value is -1.86. The topological polar surface area (TPSA) is 78.7 Å². The summed E-state index contributed by atoms with van der Waals surface area (Å²) < 4.78 is 14.2. The molecule has 3 N–H and O–H groups in total. The lowest BCUT2D eigenvalue weighted by atomic mass is 9.79. The number of amides is 3. The van der Waals surface area contributed by atoms with Gasteiger partial charge in [-0.15, -0.1) is 12.4 Å². The van der Waals surface area contributed by atoms with Crippen molar-refractivity contribution in [3.05, 3.63) is 29.6 Å². The predicted molar refractivity (Wildman–Crippen MR) is 96.7 cm³/mol. The van der Waals surface area contributed by atoms with Crippen LogP contribution in [-0.4, -0.2) is 49.1 Å². The van der Waals surface area contributed by atoms with Crippen molar-refractivity contribution in [2.75, 3.05) is 31.1 Å². The first-order valence-corrected chi connectivity index (χ1v) is 8.19. The van der Waals surface area contributed by atoms with Crippen molar-refractivity contribution in [3.63, 3.8) is 0 Å². The largest absolute Gasteiger partial charge is 0.338 e. The Morgan fingerprint density at radius 1 is 1.36 bits per heavy atom. The van der Waals surface area contributed by atoms with Crippen molar-refractivity contribution < 1.29 is 14.0 Å². The van der Waals surface area contributed by atoms with E-state index in [9.17, 15) is 14.0 Å². The van der Waals surface area contributed by atoms with Gasteiger partial charge in [0.1, 0.15) is 5.82 Å². The number of carbonyl (C=O) groups excluding carboxylic acids is 2. The summed E-state index contributed by atoms with van der Waals surface area (Å²) in [6, 6.07) is 4.02. The first kappa shape index (κ1) is 19.5. The summed E-state index contributed by atoms with van der Waals surface area (Å²) in [5.41, 5.74) is 6.42. The number of nitrogens with one attached hydrogen (secondary N) is 1. The second-order valence-corrected chi connectivity index (χ2v) is 7.16. The van der Waals surface area contributed by atoms with Crippen LogP contribution in [0.3, 0.4) is 0 Å². The van der Waals surface area contributed by atoms with E-state index < -0.39 is 5.82 Å². The molecule has 2 aliphatic rings. The Morgan fingerprint density at radius 3 is 2.68 bits per heavy atom. The molecule has 0 spiro atoms. The van der Waals surface area contributed by atoms with Gasteiger partial charge in [0.2, 0.25) is 0 Å². The number of urea groups is 1. The maximum Gasteiger partial charge on any atom is 0.321 e. The van der Waals surface area contributed by atoms with Gasteiger partial charge in [-0.25, -0.2) is 9.18 Å². The molecule has 25 heavy (non-hydrogen) atoms. The predicted octanol–water partition coefficient (Wildman–Crippen LogP) is 1.98. The lowest BCUT2D eigenvalue weighted by Gasteiger charge is -2.42. The van der Waals surface area contributed by atoms with E-state index >= 15 is 0 Å². The highest BCUT2D eigenvalue weighted by Gasteiger charge is 2.36. The fourth-order valence-corrected chi connectivity index (χ4v) is 3.28. The number of hydrogen-bond acceptors (Lipinski definition) is 3. The fraction of sp³-hybridized carbons (Fsp3) is 0.529. The zero-order valence-corrected chi connectivity index (χ0v) is 15.2. The molecule has 1 aromatic rings. The molecule has 0 aliphatic carbocycles. The SMILES string of the molecule is CC1(C)CN(C(=O)c2cc(N3CCNC3=O)ccc2F)CCC1N.Cl. The van der Waals surface area contributed by atoms with Crippen LogP contribution in [0.2, 0.25) is 0 Å². The van der Waals surface area contributed by atoms with Crippen molar-refractivity contribution in [1.82, 2.24) is 10.2 Å². The minimum atomic E-state index is -0.573. The number of nitrogens with two attached hydrogens (primary N) is 1. The Kier molecular flexibility index (Phi) is 5.58. The zero-order valence-electron chi connectivity index (χ0n) is 14.4. The number of hydrogen-bond donors (Lipinski definition) is 2. The molecular weight excluding hydrogens is 347 g/mol. The highest BCUT2D eigenvalue weighted by atomic mass is 35.5. The molecule has 2 fully saturated rings. The second-order valence-electron chi connectivity index (χ2n) is 7.16. The van der Waals surface area contributed by atoms with E-state index in [1.165, 1.54) is 23.1 Å². The number of piperidine rings is 1. The average molecular weight is 371 g/mol. The van der Waals surface area contributed by atoms with Crippen LogP contribution in [0.25, 0.3) is 0 Å². The van der Waals surface area contributed by atoms with Gasteiger partial charge in [0.05, 0.1) is 5.56 Å². The number of benzene rings is 1. The van der Waals surface area contributed by atoms with Crippen molar-refractivity contribution in [1.29, 1.82) is 0 Å². The summed E-state index contributed by atoms with van der Waals surface area (Å²) in [5.74, 6) is -0.926. The number of likely N-dealkylation sites (tertiary alicyclic amines) is 1. The first-order valence-electron chi connectivity index (χ1n) is 8.19. The number of halogens is 2. The molecule has 3 rings (SSSR count). The number of nitrogens with zero attached hydrogens (tertiary/aromatic N) is 2. The Labute approximate surface area is 152 Å². The van der Waals surface area contributed by atoms with Crippen LogP contribution in [0, 0.1) is 11.2 Å². The normalized spacial score (nSPS) is 22.4. The maximum atomic E-state index is 14.2. The molecule has 6 nitrogen and oxygen atoms in total. The summed E-state index contributed by atoms with van der Waals surface area (Å²) in [7, 11) is 0. The van der Waals surface area contributed by atoms with Gasteiger partial charge in [0.25, 0.3) is 5.91 Å². The fourth-order valence-electron chi connectivity index (χ4n) is 3.28. The molecule has 0 bridgehead atoms. The van der Waals surface area contributed by atoms with Crippen LogP contribution in [0.5, 0.6) is 0 Å². The molecule has 2 heterocycles. The summed E-state index contributed by atoms with van der Waals surface area (Å²) in [6.45, 7) is 6.07. The third-order valence-electron chi connectivity index (χ3n) is 4.95. The smallest absolute Gasteiger partial charge is 0.321 e. The van der Waals surface area contributed by atoms with Gasteiger partial charge in [-0.2, -0.15) is 0 Å². The molecule has 0 aromatic heterocycles. The van der Waals surface area contributed by atoms with E-state index in [1.807, 2.05) is 13.8 Å². The van der Waals surface area contributed by atoms with E-state index in [0.29, 0.717) is 38.3 Å². The van der Waals surface area contributed by atoms with Crippen LogP contribution in [0.1, 0.15) is 30.6 Å². The van der Waals surface area contributed by atoms with Crippen molar-refractivity contribution in [3.8, 4) is 0 Å². The molecule has 138 valence electrons. The molecule has 2 saturated heterocycles. The summed E-state index contributed by atoms with van der Waals surface area (Å²) in [4.78, 5) is 27.7. The highest BCUT2D eigenvalue weighted by molar-refractivity contribution is 5.98. The minimum Gasteiger partial charge on any atom is -0.338 e. The molecular formula is C17H24ClFN4O2. The van der Waals surface area contributed by atoms with Crippen LogP contribution >= 0.6 is 12.4 Å². The van der Waals surface area contributed by atoms with Gasteiger partial charge in [-0.05, 0) is 30.0 Å². The highest BCUT2D eigenvalue weighted by Crippen LogP contribution is 2.29. The van der Waals surface area contributed by atoms with E-state index in [2.05, 4.69) is 5.32 Å². The van der Waals surface area contributed by atoms with Gasteiger partial charge in [0, 0.05) is 37.9 Å². The lowest BCUT2D eigenvalue weighted by molar-refractivity contribution is 0.0528. The molecule has 8 heteroatoms. The summed E-state index contributed by atoms with van der Waals surface area (Å²) in [5, 5.41) is 2.69. The van der Waals surface area contributed by atoms with Crippen molar-refractivity contribution in [2.24, 2.45) is 11.1 Å².